The number of esters is 2. The van der Waals surface area contributed by atoms with Crippen molar-refractivity contribution >= 4 is 23.7 Å². The average Bonchev–Trinajstić information content (AvgIpc) is 3.48. The van der Waals surface area contributed by atoms with Crippen molar-refractivity contribution in [1.82, 2.24) is 4.57 Å². The van der Waals surface area contributed by atoms with Crippen LogP contribution in [0, 0.1) is 0 Å². The summed E-state index contributed by atoms with van der Waals surface area (Å²) in [5.74, 6) is 0.231. The smallest absolute Gasteiger partial charge is 0.329 e. The number of ether oxygens (including phenoxy) is 2. The highest BCUT2D eigenvalue weighted by Gasteiger charge is 2.38. The van der Waals surface area contributed by atoms with Gasteiger partial charge >= 0.3 is 11.9 Å². The molecule has 1 saturated carbocycles. The summed E-state index contributed by atoms with van der Waals surface area (Å²) in [7, 11) is 1.34. The van der Waals surface area contributed by atoms with E-state index in [1.165, 1.54) is 18.9 Å². The largest absolute Gasteiger partial charge is 0.467 e. The molecule has 0 amide bonds. The van der Waals surface area contributed by atoms with Crippen molar-refractivity contribution in [2.75, 3.05) is 12.9 Å². The van der Waals surface area contributed by atoms with Crippen molar-refractivity contribution in [1.29, 1.82) is 0 Å². The predicted molar refractivity (Wildman–Crippen MR) is 109 cm³/mol. The molecule has 6 nitrogen and oxygen atoms in total. The molecule has 0 saturated heterocycles. The van der Waals surface area contributed by atoms with E-state index in [2.05, 4.69) is 0 Å². The van der Waals surface area contributed by atoms with E-state index in [9.17, 15) is 14.4 Å². The number of methoxy groups -OCH3 is 1. The molecule has 2 aromatic rings. The van der Waals surface area contributed by atoms with Gasteiger partial charge in [0.1, 0.15) is 12.6 Å². The molecule has 0 N–H and O–H groups in total. The number of hydrogen-bond acceptors (Lipinski definition) is 6. The van der Waals surface area contributed by atoms with Crippen molar-refractivity contribution in [3.05, 3.63) is 63.4 Å². The number of carbonyl (C=O) groups is 2. The lowest BCUT2D eigenvalue weighted by atomic mass is 10.0. The second-order valence-corrected chi connectivity index (χ2v) is 8.38. The third-order valence-corrected chi connectivity index (χ3v) is 6.49. The first-order chi connectivity index (χ1) is 14.1. The Morgan fingerprint density at radius 3 is 2.66 bits per heavy atom. The Balaban J connectivity index is 1.49. The molecule has 1 aromatic carbocycles. The zero-order chi connectivity index (χ0) is 20.4. The lowest BCUT2D eigenvalue weighted by Gasteiger charge is -2.16. The summed E-state index contributed by atoms with van der Waals surface area (Å²) in [6, 6.07) is 10.6. The van der Waals surface area contributed by atoms with Crippen molar-refractivity contribution in [3.8, 4) is 0 Å². The van der Waals surface area contributed by atoms with Crippen LogP contribution in [0.5, 0.6) is 0 Å². The molecule has 0 radical (unpaired) electrons. The fourth-order valence-electron chi connectivity index (χ4n) is 3.71. The molecule has 1 atom stereocenters. The molecule has 7 heteroatoms. The van der Waals surface area contributed by atoms with E-state index in [0.717, 1.165) is 34.6 Å². The van der Waals surface area contributed by atoms with Crippen LogP contribution in [-0.4, -0.2) is 29.4 Å². The molecular weight excluding hydrogens is 390 g/mol. The van der Waals surface area contributed by atoms with E-state index in [1.54, 1.807) is 10.6 Å². The van der Waals surface area contributed by atoms with Crippen molar-refractivity contribution in [2.24, 2.45) is 0 Å². The first kappa shape index (κ1) is 19.8. The monoisotopic (exact) mass is 413 g/mol. The van der Waals surface area contributed by atoms with E-state index in [4.69, 9.17) is 9.47 Å². The SMILES string of the molecule is COC(=O)[C@@H]1CSc2c(C3CC3)c(CCC(=O)OCc3ccccc3)cc(=O)n21. The number of pyridine rings is 1. The van der Waals surface area contributed by atoms with E-state index in [0.29, 0.717) is 18.1 Å². The van der Waals surface area contributed by atoms with Crippen LogP contribution in [0.25, 0.3) is 0 Å². The molecule has 2 aliphatic rings. The number of aryl methyl sites for hydroxylation is 1. The first-order valence-corrected chi connectivity index (χ1v) is 10.8. The number of fused-ring (bicyclic) bond motifs is 1. The van der Waals surface area contributed by atoms with Crippen molar-refractivity contribution < 1.29 is 19.1 Å². The number of carbonyl (C=O) groups excluding carboxylic acids is 2. The van der Waals surface area contributed by atoms with Gasteiger partial charge in [-0.2, -0.15) is 0 Å². The van der Waals surface area contributed by atoms with Gasteiger partial charge in [-0.3, -0.25) is 14.2 Å². The zero-order valence-electron chi connectivity index (χ0n) is 16.3. The molecule has 0 bridgehead atoms. The maximum absolute atomic E-state index is 12.7. The maximum atomic E-state index is 12.7. The Kier molecular flexibility index (Phi) is 5.76. The lowest BCUT2D eigenvalue weighted by molar-refractivity contribution is -0.145. The van der Waals surface area contributed by atoms with Gasteiger partial charge in [-0.05, 0) is 41.9 Å². The Hall–Kier alpha value is -2.54. The van der Waals surface area contributed by atoms with Crippen LogP contribution >= 0.6 is 11.8 Å². The van der Waals surface area contributed by atoms with Gasteiger partial charge in [-0.15, -0.1) is 11.8 Å². The summed E-state index contributed by atoms with van der Waals surface area (Å²) in [5, 5.41) is 0.864. The van der Waals surface area contributed by atoms with Gasteiger partial charge in [-0.25, -0.2) is 4.79 Å². The van der Waals surface area contributed by atoms with Gasteiger partial charge in [0.25, 0.3) is 5.56 Å². The highest BCUT2D eigenvalue weighted by Crippen LogP contribution is 2.48. The van der Waals surface area contributed by atoms with Crippen LogP contribution in [0.15, 0.2) is 46.2 Å². The fraction of sp³-hybridized carbons (Fsp3) is 0.409. The maximum Gasteiger partial charge on any atom is 0.329 e. The molecule has 0 spiro atoms. The molecule has 2 heterocycles. The second kappa shape index (κ2) is 8.45. The summed E-state index contributed by atoms with van der Waals surface area (Å²) < 4.78 is 11.8. The fourth-order valence-corrected chi connectivity index (χ4v) is 5.12. The standard InChI is InChI=1S/C22H23NO5S/c1-27-22(26)17-13-29-21-20(15-7-8-15)16(11-18(24)23(17)21)9-10-19(25)28-12-14-5-3-2-4-6-14/h2-6,11,15,17H,7-10,12-13H2,1H3/t17-/m0/s1. The van der Waals surface area contributed by atoms with Gasteiger partial charge in [0, 0.05) is 18.2 Å². The molecule has 1 fully saturated rings. The Bertz CT molecular complexity index is 981. The Morgan fingerprint density at radius 1 is 1.21 bits per heavy atom. The minimum atomic E-state index is -0.574. The van der Waals surface area contributed by atoms with Crippen molar-refractivity contribution in [2.45, 2.75) is 49.3 Å². The van der Waals surface area contributed by atoms with Gasteiger partial charge < -0.3 is 9.47 Å². The van der Waals surface area contributed by atoms with Crippen molar-refractivity contribution in [3.63, 3.8) is 0 Å². The van der Waals surface area contributed by atoms with E-state index in [-0.39, 0.29) is 24.6 Å². The van der Waals surface area contributed by atoms with Gasteiger partial charge in [0.2, 0.25) is 0 Å². The minimum Gasteiger partial charge on any atom is -0.467 e. The van der Waals surface area contributed by atoms with E-state index < -0.39 is 12.0 Å². The van der Waals surface area contributed by atoms with Crippen LogP contribution in [0.3, 0.4) is 0 Å². The van der Waals surface area contributed by atoms with Gasteiger partial charge in [-0.1, -0.05) is 30.3 Å². The predicted octanol–water partition coefficient (Wildman–Crippen LogP) is 3.22. The lowest BCUT2D eigenvalue weighted by Crippen LogP contribution is -2.30. The van der Waals surface area contributed by atoms with Crippen LogP contribution in [-0.2, 0) is 32.1 Å². The van der Waals surface area contributed by atoms with Crippen LogP contribution in [0.1, 0.15) is 47.9 Å². The number of rotatable bonds is 7. The van der Waals surface area contributed by atoms with Crippen LogP contribution in [0.4, 0.5) is 0 Å². The number of hydrogen-bond donors (Lipinski definition) is 0. The second-order valence-electron chi connectivity index (χ2n) is 7.37. The highest BCUT2D eigenvalue weighted by atomic mass is 32.2. The topological polar surface area (TPSA) is 74.6 Å². The van der Waals surface area contributed by atoms with Gasteiger partial charge in [0.15, 0.2) is 0 Å². The number of nitrogens with zero attached hydrogens (tertiary/aromatic N) is 1. The average molecular weight is 413 g/mol. The molecule has 152 valence electrons. The summed E-state index contributed by atoms with van der Waals surface area (Å²) >= 11 is 1.53. The third kappa shape index (κ3) is 4.24. The normalized spacial score (nSPS) is 17.6. The molecule has 0 unspecified atom stereocenters. The Morgan fingerprint density at radius 2 is 1.97 bits per heavy atom. The molecule has 29 heavy (non-hydrogen) atoms. The van der Waals surface area contributed by atoms with Crippen LogP contribution < -0.4 is 5.56 Å². The molecular formula is C22H23NO5S. The third-order valence-electron chi connectivity index (χ3n) is 5.32. The highest BCUT2D eigenvalue weighted by molar-refractivity contribution is 7.99. The number of thioether (sulfide) groups is 1. The van der Waals surface area contributed by atoms with E-state index in [1.807, 2.05) is 30.3 Å². The van der Waals surface area contributed by atoms with Crippen LogP contribution in [0.2, 0.25) is 0 Å². The number of benzene rings is 1. The Labute approximate surface area is 173 Å². The zero-order valence-corrected chi connectivity index (χ0v) is 17.1. The molecule has 4 rings (SSSR count). The molecule has 1 aliphatic carbocycles. The van der Waals surface area contributed by atoms with Gasteiger partial charge in [0.05, 0.1) is 12.1 Å². The summed E-state index contributed by atoms with van der Waals surface area (Å²) in [5.41, 5.74) is 2.76. The summed E-state index contributed by atoms with van der Waals surface area (Å²) in [6.07, 6.45) is 2.83. The quantitative estimate of drug-likeness (QED) is 0.649. The molecule has 1 aromatic heterocycles. The minimum absolute atomic E-state index is 0.211. The van der Waals surface area contributed by atoms with E-state index >= 15 is 0 Å². The molecule has 1 aliphatic heterocycles. The summed E-state index contributed by atoms with van der Waals surface area (Å²) in [4.78, 5) is 37.0. The first-order valence-electron chi connectivity index (χ1n) is 9.77. The number of aromatic nitrogens is 1. The summed E-state index contributed by atoms with van der Waals surface area (Å²) in [6.45, 7) is 0.249.